The van der Waals surface area contributed by atoms with Crippen LogP contribution in [0.5, 0.6) is 5.75 Å². The van der Waals surface area contributed by atoms with Crippen LogP contribution in [0.4, 0.5) is 10.2 Å². The highest BCUT2D eigenvalue weighted by Crippen LogP contribution is 2.40. The van der Waals surface area contributed by atoms with Crippen molar-refractivity contribution in [2.45, 2.75) is 39.7 Å². The lowest BCUT2D eigenvalue weighted by atomic mass is 9.95. The Labute approximate surface area is 179 Å². The molecule has 30 heavy (non-hydrogen) atoms. The molecule has 160 valence electrons. The van der Waals surface area contributed by atoms with Gasteiger partial charge in [0, 0.05) is 38.0 Å². The topological polar surface area (TPSA) is 85.8 Å². The number of imidazole rings is 1. The fraction of sp³-hybridized carbons (Fsp3) is 0.381. The van der Waals surface area contributed by atoms with E-state index in [9.17, 15) is 9.18 Å². The lowest BCUT2D eigenvalue weighted by Crippen LogP contribution is -2.25. The zero-order valence-corrected chi connectivity index (χ0v) is 18.6. The molecule has 0 bridgehead atoms. The molecule has 9 heteroatoms. The third kappa shape index (κ3) is 3.67. The van der Waals surface area contributed by atoms with Crippen LogP contribution in [0.2, 0.25) is 5.02 Å². The Morgan fingerprint density at radius 3 is 2.60 bits per heavy atom. The van der Waals surface area contributed by atoms with Crippen molar-refractivity contribution in [1.29, 1.82) is 0 Å². The van der Waals surface area contributed by atoms with E-state index in [1.807, 2.05) is 32.1 Å². The number of anilines is 1. The van der Waals surface area contributed by atoms with E-state index < -0.39 is 11.7 Å². The van der Waals surface area contributed by atoms with Gasteiger partial charge in [0.2, 0.25) is 0 Å². The van der Waals surface area contributed by atoms with Crippen LogP contribution in [0.25, 0.3) is 5.52 Å². The first-order valence-corrected chi connectivity index (χ1v) is 9.91. The van der Waals surface area contributed by atoms with E-state index in [2.05, 4.69) is 9.97 Å². The maximum Gasteiger partial charge on any atom is 0.260 e. The smallest absolute Gasteiger partial charge is 0.260 e. The summed E-state index contributed by atoms with van der Waals surface area (Å²) in [7, 11) is 3.10. The van der Waals surface area contributed by atoms with E-state index in [0.717, 1.165) is 0 Å². The first kappa shape index (κ1) is 21.8. The number of halogens is 2. The standard InChI is InChI=1S/C21H25ClFN5O2/c1-10(2)30-18-13(9-14(22)16(23)15(18)21(29)27(5)6)11(3)20-26-12(4)17-19(24)25-7-8-28(17)20/h7-11H,1-6H3,(H2,24,25)/t11-/m0/s1. The predicted molar refractivity (Wildman–Crippen MR) is 115 cm³/mol. The van der Waals surface area contributed by atoms with E-state index >= 15 is 0 Å². The minimum Gasteiger partial charge on any atom is -0.490 e. The van der Waals surface area contributed by atoms with E-state index in [-0.39, 0.29) is 28.4 Å². The van der Waals surface area contributed by atoms with Crippen LogP contribution in [-0.2, 0) is 0 Å². The molecule has 1 aromatic carbocycles. The molecule has 0 fully saturated rings. The van der Waals surface area contributed by atoms with Crippen molar-refractivity contribution < 1.29 is 13.9 Å². The molecular weight excluding hydrogens is 409 g/mol. The van der Waals surface area contributed by atoms with Crippen LogP contribution in [-0.4, -0.2) is 45.4 Å². The summed E-state index contributed by atoms with van der Waals surface area (Å²) in [4.78, 5) is 22.9. The number of nitrogens with two attached hydrogens (primary N) is 1. The van der Waals surface area contributed by atoms with Crippen LogP contribution in [0.1, 0.15) is 54.1 Å². The Bertz CT molecular complexity index is 1130. The second-order valence-electron chi connectivity index (χ2n) is 7.64. The molecule has 0 unspecified atom stereocenters. The number of aromatic nitrogens is 3. The van der Waals surface area contributed by atoms with Gasteiger partial charge in [0.25, 0.3) is 5.91 Å². The largest absolute Gasteiger partial charge is 0.490 e. The number of carbonyl (C=O) groups excluding carboxylic acids is 1. The predicted octanol–water partition coefficient (Wildman–Crippen LogP) is 4.05. The number of benzene rings is 1. The van der Waals surface area contributed by atoms with Gasteiger partial charge in [0.15, 0.2) is 5.82 Å². The number of amides is 1. The lowest BCUT2D eigenvalue weighted by Gasteiger charge is -2.23. The average Bonchev–Trinajstić information content (AvgIpc) is 3.01. The van der Waals surface area contributed by atoms with E-state index in [1.165, 1.54) is 11.0 Å². The first-order chi connectivity index (χ1) is 14.0. The van der Waals surface area contributed by atoms with Gasteiger partial charge in [-0.3, -0.25) is 9.20 Å². The van der Waals surface area contributed by atoms with Crippen molar-refractivity contribution in [1.82, 2.24) is 19.3 Å². The van der Waals surface area contributed by atoms with Gasteiger partial charge < -0.3 is 15.4 Å². The number of rotatable bonds is 5. The lowest BCUT2D eigenvalue weighted by molar-refractivity contribution is 0.0816. The van der Waals surface area contributed by atoms with Crippen LogP contribution in [0, 0.1) is 12.7 Å². The third-order valence-corrected chi connectivity index (χ3v) is 5.09. The number of aryl methyl sites for hydroxylation is 1. The van der Waals surface area contributed by atoms with Crippen molar-refractivity contribution >= 4 is 28.8 Å². The van der Waals surface area contributed by atoms with Gasteiger partial charge in [-0.15, -0.1) is 0 Å². The highest BCUT2D eigenvalue weighted by Gasteiger charge is 2.30. The number of nitrogens with zero attached hydrogens (tertiary/aromatic N) is 4. The van der Waals surface area contributed by atoms with E-state index in [0.29, 0.717) is 28.4 Å². The molecule has 0 radical (unpaired) electrons. The molecule has 0 aliphatic heterocycles. The minimum absolute atomic E-state index is 0.156. The van der Waals surface area contributed by atoms with Crippen molar-refractivity contribution in [3.63, 3.8) is 0 Å². The average molecular weight is 434 g/mol. The third-order valence-electron chi connectivity index (χ3n) is 4.81. The van der Waals surface area contributed by atoms with Gasteiger partial charge in [-0.05, 0) is 26.8 Å². The maximum atomic E-state index is 15.0. The highest BCUT2D eigenvalue weighted by molar-refractivity contribution is 6.31. The van der Waals surface area contributed by atoms with Crippen LogP contribution in [0.15, 0.2) is 18.5 Å². The van der Waals surface area contributed by atoms with Gasteiger partial charge >= 0.3 is 0 Å². The summed E-state index contributed by atoms with van der Waals surface area (Å²) in [6, 6.07) is 1.49. The Hall–Kier alpha value is -2.87. The van der Waals surface area contributed by atoms with Crippen LogP contribution < -0.4 is 10.5 Å². The molecule has 0 aliphatic rings. The van der Waals surface area contributed by atoms with Crippen LogP contribution in [0.3, 0.4) is 0 Å². The summed E-state index contributed by atoms with van der Waals surface area (Å²) in [6.07, 6.45) is 3.06. The molecule has 0 saturated heterocycles. The summed E-state index contributed by atoms with van der Waals surface area (Å²) < 4.78 is 22.8. The number of fused-ring (bicyclic) bond motifs is 1. The molecular formula is C21H25ClFN5O2. The van der Waals surface area contributed by atoms with Crippen molar-refractivity contribution in [2.75, 3.05) is 19.8 Å². The summed E-state index contributed by atoms with van der Waals surface area (Å²) >= 11 is 6.20. The highest BCUT2D eigenvalue weighted by atomic mass is 35.5. The zero-order valence-electron chi connectivity index (χ0n) is 17.8. The first-order valence-electron chi connectivity index (χ1n) is 9.53. The number of hydrogen-bond acceptors (Lipinski definition) is 5. The van der Waals surface area contributed by atoms with Gasteiger partial charge in [0.1, 0.15) is 28.5 Å². The molecule has 2 heterocycles. The molecule has 3 rings (SSSR count). The molecule has 7 nitrogen and oxygen atoms in total. The molecule has 2 aromatic heterocycles. The quantitative estimate of drug-likeness (QED) is 0.655. The number of carbonyl (C=O) groups is 1. The second kappa shape index (κ2) is 8.10. The molecule has 0 aliphatic carbocycles. The van der Waals surface area contributed by atoms with Crippen molar-refractivity contribution in [3.8, 4) is 5.75 Å². The fourth-order valence-corrected chi connectivity index (χ4v) is 3.65. The van der Waals surface area contributed by atoms with Crippen molar-refractivity contribution in [3.05, 3.63) is 51.9 Å². The fourth-order valence-electron chi connectivity index (χ4n) is 3.44. The monoisotopic (exact) mass is 433 g/mol. The summed E-state index contributed by atoms with van der Waals surface area (Å²) in [5.74, 6) is -0.546. The molecule has 0 saturated carbocycles. The number of ether oxygens (including phenoxy) is 1. The molecule has 0 spiro atoms. The normalized spacial score (nSPS) is 12.4. The number of nitrogen functional groups attached to an aromatic ring is 1. The second-order valence-corrected chi connectivity index (χ2v) is 8.05. The summed E-state index contributed by atoms with van der Waals surface area (Å²) in [5.41, 5.74) is 7.81. The van der Waals surface area contributed by atoms with Gasteiger partial charge in [-0.2, -0.15) is 0 Å². The molecule has 1 amide bonds. The maximum absolute atomic E-state index is 15.0. The van der Waals surface area contributed by atoms with Crippen LogP contribution >= 0.6 is 11.6 Å². The number of hydrogen-bond donors (Lipinski definition) is 1. The molecule has 1 atom stereocenters. The summed E-state index contributed by atoms with van der Waals surface area (Å²) in [5, 5.41) is -0.156. The summed E-state index contributed by atoms with van der Waals surface area (Å²) in [6.45, 7) is 7.36. The van der Waals surface area contributed by atoms with Gasteiger partial charge in [0.05, 0.1) is 16.8 Å². The Morgan fingerprint density at radius 1 is 1.33 bits per heavy atom. The van der Waals surface area contributed by atoms with Gasteiger partial charge in [-0.25, -0.2) is 14.4 Å². The van der Waals surface area contributed by atoms with E-state index in [1.54, 1.807) is 26.5 Å². The Balaban J connectivity index is 2.30. The zero-order chi connectivity index (χ0) is 22.3. The molecule has 3 aromatic rings. The Morgan fingerprint density at radius 2 is 2.00 bits per heavy atom. The van der Waals surface area contributed by atoms with Gasteiger partial charge in [-0.1, -0.05) is 18.5 Å². The SMILES string of the molecule is Cc1nc([C@@H](C)c2cc(Cl)c(F)c(C(=O)N(C)C)c2OC(C)C)n2ccnc(N)c12. The minimum atomic E-state index is -0.806. The van der Waals surface area contributed by atoms with Crippen molar-refractivity contribution in [2.24, 2.45) is 0 Å². The Kier molecular flexibility index (Phi) is 5.90. The molecule has 2 N–H and O–H groups in total. The van der Waals surface area contributed by atoms with E-state index in [4.69, 9.17) is 22.1 Å².